The number of allylic oxidation sites excluding steroid dienone is 4. The highest BCUT2D eigenvalue weighted by Crippen LogP contribution is 2.16. The van der Waals surface area contributed by atoms with E-state index in [1.54, 1.807) is 6.08 Å². The predicted molar refractivity (Wildman–Crippen MR) is 40.3 cm³/mol. The Morgan fingerprint density at radius 2 is 2.27 bits per heavy atom. The Labute approximate surface area is 64.8 Å². The van der Waals surface area contributed by atoms with Gasteiger partial charge in [0, 0.05) is 19.0 Å². The first-order chi connectivity index (χ1) is 5.18. The minimum Gasteiger partial charge on any atom is -0.330 e. The van der Waals surface area contributed by atoms with Gasteiger partial charge in [-0.3, -0.25) is 4.79 Å². The van der Waals surface area contributed by atoms with Crippen LogP contribution in [0.25, 0.3) is 0 Å². The fraction of sp³-hybridized carbons (Fsp3) is 0.375. The van der Waals surface area contributed by atoms with Crippen molar-refractivity contribution in [3.05, 3.63) is 23.7 Å². The lowest BCUT2D eigenvalue weighted by Crippen LogP contribution is -2.19. The fourth-order valence-corrected chi connectivity index (χ4v) is 0.942. The molecule has 3 heteroatoms. The van der Waals surface area contributed by atoms with Gasteiger partial charge in [-0.1, -0.05) is 0 Å². The smallest absolute Gasteiger partial charge is 0.220 e. The first-order valence-corrected chi connectivity index (χ1v) is 3.51. The van der Waals surface area contributed by atoms with Crippen molar-refractivity contribution in [2.24, 2.45) is 0 Å². The molecular weight excluding hydrogens is 145 g/mol. The number of carbonyl (C=O) groups is 1. The lowest BCUT2D eigenvalue weighted by molar-refractivity contribution is -0.118. The third kappa shape index (κ3) is 2.53. The second kappa shape index (κ2) is 3.32. The highest BCUT2D eigenvalue weighted by Gasteiger charge is 2.05. The number of halogens is 1. The van der Waals surface area contributed by atoms with Crippen molar-refractivity contribution in [3.8, 4) is 0 Å². The number of hydrogen-bond acceptors (Lipinski definition) is 1. The minimum atomic E-state index is -0.126. The summed E-state index contributed by atoms with van der Waals surface area (Å²) in [6.07, 6.45) is 3.96. The molecule has 1 rings (SSSR count). The summed E-state index contributed by atoms with van der Waals surface area (Å²) in [5, 5.41) is 2.61. The van der Waals surface area contributed by atoms with Crippen molar-refractivity contribution in [1.82, 2.24) is 5.32 Å². The standard InChI is InChI=1S/C8H10FNO/c1-6(11)10-8-4-2-7(9)3-5-8/h2,4H,3,5H2,1H3,(H,10,11). The number of nitrogens with one attached hydrogen (secondary N) is 1. The van der Waals surface area contributed by atoms with Crippen molar-refractivity contribution in [1.29, 1.82) is 0 Å². The van der Waals surface area contributed by atoms with Crippen LogP contribution in [0.1, 0.15) is 19.8 Å². The molecule has 60 valence electrons. The lowest BCUT2D eigenvalue weighted by atomic mass is 10.1. The van der Waals surface area contributed by atoms with Crippen LogP contribution < -0.4 is 5.32 Å². The van der Waals surface area contributed by atoms with Gasteiger partial charge in [0.1, 0.15) is 5.83 Å². The predicted octanol–water partition coefficient (Wildman–Crippen LogP) is 1.65. The maximum atomic E-state index is 12.4. The van der Waals surface area contributed by atoms with Crippen LogP contribution in [0.2, 0.25) is 0 Å². The van der Waals surface area contributed by atoms with Crippen LogP contribution in [-0.2, 0) is 4.79 Å². The van der Waals surface area contributed by atoms with Gasteiger partial charge in [0.2, 0.25) is 5.91 Å². The number of amides is 1. The van der Waals surface area contributed by atoms with Crippen LogP contribution in [0, 0.1) is 0 Å². The second-order valence-corrected chi connectivity index (χ2v) is 2.49. The molecule has 0 fully saturated rings. The molecule has 1 aliphatic rings. The first kappa shape index (κ1) is 7.98. The molecule has 0 radical (unpaired) electrons. The van der Waals surface area contributed by atoms with Gasteiger partial charge >= 0.3 is 0 Å². The van der Waals surface area contributed by atoms with Crippen LogP contribution in [-0.4, -0.2) is 5.91 Å². The van der Waals surface area contributed by atoms with Crippen molar-refractivity contribution >= 4 is 5.91 Å². The Bertz CT molecular complexity index is 230. The SMILES string of the molecule is CC(=O)NC1=CC=C(F)CC1. The third-order valence-corrected chi connectivity index (χ3v) is 1.44. The summed E-state index contributed by atoms with van der Waals surface area (Å²) in [6.45, 7) is 1.44. The molecule has 0 aromatic rings. The van der Waals surface area contributed by atoms with Crippen LogP contribution in [0.5, 0.6) is 0 Å². The topological polar surface area (TPSA) is 29.1 Å². The minimum absolute atomic E-state index is 0.105. The largest absolute Gasteiger partial charge is 0.330 e. The molecule has 0 aliphatic heterocycles. The molecular formula is C8H10FNO. The summed E-state index contributed by atoms with van der Waals surface area (Å²) >= 11 is 0. The molecule has 0 unspecified atom stereocenters. The Hall–Kier alpha value is -1.12. The molecule has 0 atom stereocenters. The van der Waals surface area contributed by atoms with Gasteiger partial charge in [-0.15, -0.1) is 0 Å². The second-order valence-electron chi connectivity index (χ2n) is 2.49. The summed E-state index contributed by atoms with van der Waals surface area (Å²) in [4.78, 5) is 10.5. The van der Waals surface area contributed by atoms with E-state index in [-0.39, 0.29) is 11.7 Å². The Kier molecular flexibility index (Phi) is 2.41. The maximum Gasteiger partial charge on any atom is 0.220 e. The molecule has 0 bridgehead atoms. The molecule has 0 aromatic heterocycles. The number of carbonyl (C=O) groups excluding carboxylic acids is 1. The number of hydrogen-bond donors (Lipinski definition) is 1. The van der Waals surface area contributed by atoms with Crippen molar-refractivity contribution in [3.63, 3.8) is 0 Å². The molecule has 2 nitrogen and oxygen atoms in total. The molecule has 1 amide bonds. The summed E-state index contributed by atoms with van der Waals surface area (Å²) < 4.78 is 12.4. The van der Waals surface area contributed by atoms with E-state index in [4.69, 9.17) is 0 Å². The summed E-state index contributed by atoms with van der Waals surface area (Å²) in [6, 6.07) is 0. The van der Waals surface area contributed by atoms with Gasteiger partial charge in [-0.2, -0.15) is 0 Å². The molecule has 0 saturated carbocycles. The molecule has 1 N–H and O–H groups in total. The van der Waals surface area contributed by atoms with Crippen molar-refractivity contribution < 1.29 is 9.18 Å². The fourth-order valence-electron chi connectivity index (χ4n) is 0.942. The van der Waals surface area contributed by atoms with E-state index >= 15 is 0 Å². The van der Waals surface area contributed by atoms with Gasteiger partial charge in [-0.25, -0.2) is 4.39 Å². The molecule has 0 aromatic carbocycles. The summed E-state index contributed by atoms with van der Waals surface area (Å²) in [5.41, 5.74) is 0.791. The maximum absolute atomic E-state index is 12.4. The molecule has 0 saturated heterocycles. The average Bonchev–Trinajstić information content (AvgIpc) is 1.93. The monoisotopic (exact) mass is 155 g/mol. The third-order valence-electron chi connectivity index (χ3n) is 1.44. The zero-order valence-electron chi connectivity index (χ0n) is 6.36. The Morgan fingerprint density at radius 3 is 2.73 bits per heavy atom. The van der Waals surface area contributed by atoms with Gasteiger partial charge in [0.15, 0.2) is 0 Å². The van der Waals surface area contributed by atoms with Crippen molar-refractivity contribution in [2.75, 3.05) is 0 Å². The quantitative estimate of drug-likeness (QED) is 0.613. The molecule has 11 heavy (non-hydrogen) atoms. The van der Waals surface area contributed by atoms with Gasteiger partial charge in [0.05, 0.1) is 0 Å². The Balaban J connectivity index is 2.54. The summed E-state index contributed by atoms with van der Waals surface area (Å²) in [5.74, 6) is -0.230. The van der Waals surface area contributed by atoms with Crippen LogP contribution in [0.15, 0.2) is 23.7 Å². The first-order valence-electron chi connectivity index (χ1n) is 3.51. The van der Waals surface area contributed by atoms with E-state index < -0.39 is 0 Å². The van der Waals surface area contributed by atoms with Gasteiger partial charge in [0.25, 0.3) is 0 Å². The van der Waals surface area contributed by atoms with Crippen molar-refractivity contribution in [2.45, 2.75) is 19.8 Å². The van der Waals surface area contributed by atoms with E-state index in [9.17, 15) is 9.18 Å². The number of rotatable bonds is 1. The van der Waals surface area contributed by atoms with Gasteiger partial charge < -0.3 is 5.32 Å². The molecule has 0 spiro atoms. The average molecular weight is 155 g/mol. The highest BCUT2D eigenvalue weighted by atomic mass is 19.1. The van der Waals surface area contributed by atoms with Crippen LogP contribution in [0.4, 0.5) is 4.39 Å². The zero-order chi connectivity index (χ0) is 8.27. The van der Waals surface area contributed by atoms with Crippen LogP contribution >= 0.6 is 0 Å². The van der Waals surface area contributed by atoms with Crippen LogP contribution in [0.3, 0.4) is 0 Å². The van der Waals surface area contributed by atoms with E-state index in [1.807, 2.05) is 0 Å². The van der Waals surface area contributed by atoms with E-state index in [0.29, 0.717) is 12.8 Å². The summed E-state index contributed by atoms with van der Waals surface area (Å²) in [7, 11) is 0. The van der Waals surface area contributed by atoms with E-state index in [2.05, 4.69) is 5.32 Å². The van der Waals surface area contributed by atoms with E-state index in [1.165, 1.54) is 13.0 Å². The Morgan fingerprint density at radius 1 is 1.55 bits per heavy atom. The normalized spacial score (nSPS) is 16.9. The van der Waals surface area contributed by atoms with Gasteiger partial charge in [-0.05, 0) is 18.6 Å². The molecule has 1 aliphatic carbocycles. The lowest BCUT2D eigenvalue weighted by Gasteiger charge is -2.09. The highest BCUT2D eigenvalue weighted by molar-refractivity contribution is 5.75. The van der Waals surface area contributed by atoms with E-state index in [0.717, 1.165) is 5.70 Å². The molecule has 0 heterocycles. The zero-order valence-corrected chi connectivity index (χ0v) is 6.36.